The average Bonchev–Trinajstić information content (AvgIpc) is 3.36. The zero-order valence-corrected chi connectivity index (χ0v) is 19.7. The van der Waals surface area contributed by atoms with E-state index in [-0.39, 0.29) is 29.8 Å². The molecule has 1 aromatic heterocycles. The standard InChI is InChI=1S/C27H29FN4O3/c1-2-35-25(33)18-21(19-7-4-3-5-8-19)29-26(34)31-15-12-27(13-16-31)24-9-6-14-32(24)23-11-10-20(28)17-22(23)30-27/h3-11,14,17,21,30H,2,12-13,15-16,18H2,1H3,(H,29,34). The van der Waals surface area contributed by atoms with Gasteiger partial charge in [0.2, 0.25) is 0 Å². The summed E-state index contributed by atoms with van der Waals surface area (Å²) < 4.78 is 21.2. The Labute approximate surface area is 203 Å². The summed E-state index contributed by atoms with van der Waals surface area (Å²) in [6.45, 7) is 3.11. The Morgan fingerprint density at radius 3 is 2.63 bits per heavy atom. The number of fused-ring (bicyclic) bond motifs is 4. The van der Waals surface area contributed by atoms with Gasteiger partial charge in [0, 0.05) is 25.0 Å². The van der Waals surface area contributed by atoms with Crippen molar-refractivity contribution in [3.63, 3.8) is 0 Å². The van der Waals surface area contributed by atoms with Gasteiger partial charge in [-0.15, -0.1) is 0 Å². The van der Waals surface area contributed by atoms with Crippen molar-refractivity contribution in [3.8, 4) is 5.69 Å². The van der Waals surface area contributed by atoms with Gasteiger partial charge < -0.3 is 24.8 Å². The number of piperidine rings is 1. The van der Waals surface area contributed by atoms with Crippen LogP contribution in [0.5, 0.6) is 0 Å². The Bertz CT molecular complexity index is 1220. The van der Waals surface area contributed by atoms with Crippen LogP contribution in [0.25, 0.3) is 5.69 Å². The fourth-order valence-electron chi connectivity index (χ4n) is 5.16. The third-order valence-corrected chi connectivity index (χ3v) is 6.91. The second-order valence-electron chi connectivity index (χ2n) is 9.04. The molecule has 35 heavy (non-hydrogen) atoms. The van der Waals surface area contributed by atoms with Crippen molar-refractivity contribution in [1.29, 1.82) is 0 Å². The molecular formula is C27H29FN4O3. The molecular weight excluding hydrogens is 447 g/mol. The molecule has 2 aromatic carbocycles. The van der Waals surface area contributed by atoms with Crippen molar-refractivity contribution in [2.75, 3.05) is 25.0 Å². The maximum atomic E-state index is 14.0. The summed E-state index contributed by atoms with van der Waals surface area (Å²) in [5.74, 6) is -0.635. The van der Waals surface area contributed by atoms with Gasteiger partial charge in [-0.1, -0.05) is 30.3 Å². The second-order valence-corrected chi connectivity index (χ2v) is 9.04. The van der Waals surface area contributed by atoms with Crippen LogP contribution < -0.4 is 10.6 Å². The minimum atomic E-state index is -0.474. The minimum absolute atomic E-state index is 0.0682. The Morgan fingerprint density at radius 1 is 1.11 bits per heavy atom. The lowest BCUT2D eigenvalue weighted by Gasteiger charge is -2.46. The predicted molar refractivity (Wildman–Crippen MR) is 131 cm³/mol. The number of hydrogen-bond acceptors (Lipinski definition) is 4. The highest BCUT2D eigenvalue weighted by Gasteiger charge is 2.42. The maximum Gasteiger partial charge on any atom is 0.317 e. The van der Waals surface area contributed by atoms with Crippen molar-refractivity contribution in [1.82, 2.24) is 14.8 Å². The van der Waals surface area contributed by atoms with Gasteiger partial charge in [0.1, 0.15) is 5.82 Å². The summed E-state index contributed by atoms with van der Waals surface area (Å²) in [6.07, 6.45) is 3.41. The summed E-state index contributed by atoms with van der Waals surface area (Å²) in [5.41, 5.74) is 3.26. The normalized spacial score (nSPS) is 16.6. The van der Waals surface area contributed by atoms with Gasteiger partial charge >= 0.3 is 12.0 Å². The Balaban J connectivity index is 1.30. The molecule has 1 spiro atoms. The number of likely N-dealkylation sites (tertiary alicyclic amines) is 1. The molecule has 1 unspecified atom stereocenters. The molecule has 0 aliphatic carbocycles. The van der Waals surface area contributed by atoms with E-state index in [2.05, 4.69) is 21.3 Å². The van der Waals surface area contributed by atoms with E-state index < -0.39 is 6.04 Å². The molecule has 0 saturated carbocycles. The topological polar surface area (TPSA) is 75.6 Å². The number of aromatic nitrogens is 1. The van der Waals surface area contributed by atoms with E-state index in [4.69, 9.17) is 4.74 Å². The first-order valence-corrected chi connectivity index (χ1v) is 12.0. The third-order valence-electron chi connectivity index (χ3n) is 6.91. The predicted octanol–water partition coefficient (Wildman–Crippen LogP) is 4.74. The molecule has 182 valence electrons. The molecule has 1 saturated heterocycles. The lowest BCUT2D eigenvalue weighted by Crippen LogP contribution is -2.53. The first kappa shape index (κ1) is 23.0. The molecule has 2 amide bonds. The SMILES string of the molecule is CCOC(=O)CC(NC(=O)N1CCC2(CC1)Nc1cc(F)ccc1-n1cccc12)c1ccccc1. The summed E-state index contributed by atoms with van der Waals surface area (Å²) >= 11 is 0. The zero-order chi connectivity index (χ0) is 24.4. The summed E-state index contributed by atoms with van der Waals surface area (Å²) in [4.78, 5) is 27.2. The number of anilines is 1. The highest BCUT2D eigenvalue weighted by Crippen LogP contribution is 2.43. The zero-order valence-electron chi connectivity index (χ0n) is 19.7. The smallest absolute Gasteiger partial charge is 0.317 e. The molecule has 8 heteroatoms. The van der Waals surface area contributed by atoms with Gasteiger partial charge in [-0.3, -0.25) is 4.79 Å². The van der Waals surface area contributed by atoms with E-state index >= 15 is 0 Å². The van der Waals surface area contributed by atoms with Gasteiger partial charge in [0.05, 0.1) is 36.0 Å². The molecule has 1 fully saturated rings. The number of esters is 1. The fourth-order valence-corrected chi connectivity index (χ4v) is 5.16. The number of amides is 2. The third kappa shape index (κ3) is 4.48. The molecule has 3 heterocycles. The van der Waals surface area contributed by atoms with Crippen LogP contribution in [0.4, 0.5) is 14.9 Å². The lowest BCUT2D eigenvalue weighted by atomic mass is 9.82. The van der Waals surface area contributed by atoms with Gasteiger partial charge in [0.15, 0.2) is 0 Å². The van der Waals surface area contributed by atoms with Crippen molar-refractivity contribution in [2.45, 2.75) is 37.8 Å². The summed E-state index contributed by atoms with van der Waals surface area (Å²) in [5, 5.41) is 6.61. The first-order chi connectivity index (χ1) is 17.0. The van der Waals surface area contributed by atoms with Crippen LogP contribution in [0.3, 0.4) is 0 Å². The molecule has 0 bridgehead atoms. The van der Waals surface area contributed by atoms with E-state index in [1.807, 2.05) is 42.6 Å². The van der Waals surface area contributed by atoms with Crippen molar-refractivity contribution >= 4 is 17.7 Å². The van der Waals surface area contributed by atoms with Gasteiger partial charge in [-0.2, -0.15) is 0 Å². The number of urea groups is 1. The molecule has 2 aliphatic heterocycles. The molecule has 7 nitrogen and oxygen atoms in total. The molecule has 3 aromatic rings. The van der Waals surface area contributed by atoms with Crippen molar-refractivity contribution in [2.24, 2.45) is 0 Å². The van der Waals surface area contributed by atoms with Crippen LogP contribution in [0, 0.1) is 5.82 Å². The molecule has 2 N–H and O–H groups in total. The molecule has 2 aliphatic rings. The Morgan fingerprint density at radius 2 is 1.89 bits per heavy atom. The summed E-state index contributed by atoms with van der Waals surface area (Å²) in [6, 6.07) is 17.6. The second kappa shape index (κ2) is 9.44. The highest BCUT2D eigenvalue weighted by molar-refractivity contribution is 5.77. The average molecular weight is 477 g/mol. The molecule has 0 radical (unpaired) electrons. The van der Waals surface area contributed by atoms with Gasteiger partial charge in [-0.25, -0.2) is 9.18 Å². The number of benzene rings is 2. The first-order valence-electron chi connectivity index (χ1n) is 12.0. The molecule has 5 rings (SSSR count). The van der Waals surface area contributed by atoms with E-state index in [1.165, 1.54) is 12.1 Å². The number of ether oxygens (including phenoxy) is 1. The van der Waals surface area contributed by atoms with Gasteiger partial charge in [-0.05, 0) is 55.7 Å². The summed E-state index contributed by atoms with van der Waals surface area (Å²) in [7, 11) is 0. The van der Waals surface area contributed by atoms with E-state index in [0.29, 0.717) is 32.5 Å². The van der Waals surface area contributed by atoms with Crippen LogP contribution in [0.1, 0.15) is 43.5 Å². The minimum Gasteiger partial charge on any atom is -0.466 e. The largest absolute Gasteiger partial charge is 0.466 e. The fraction of sp³-hybridized carbons (Fsp3) is 0.333. The Kier molecular flexibility index (Phi) is 6.19. The number of nitrogens with one attached hydrogen (secondary N) is 2. The van der Waals surface area contributed by atoms with E-state index in [9.17, 15) is 14.0 Å². The number of carbonyl (C=O) groups excluding carboxylic acids is 2. The van der Waals surface area contributed by atoms with Gasteiger partial charge in [0.25, 0.3) is 0 Å². The van der Waals surface area contributed by atoms with Crippen LogP contribution >= 0.6 is 0 Å². The maximum absolute atomic E-state index is 14.0. The van der Waals surface area contributed by atoms with Crippen molar-refractivity contribution in [3.05, 3.63) is 83.9 Å². The van der Waals surface area contributed by atoms with Crippen LogP contribution in [-0.2, 0) is 15.1 Å². The van der Waals surface area contributed by atoms with E-state index in [0.717, 1.165) is 22.6 Å². The highest BCUT2D eigenvalue weighted by atomic mass is 19.1. The van der Waals surface area contributed by atoms with Crippen LogP contribution in [-0.4, -0.2) is 41.2 Å². The van der Waals surface area contributed by atoms with E-state index in [1.54, 1.807) is 17.9 Å². The van der Waals surface area contributed by atoms with Crippen LogP contribution in [0.2, 0.25) is 0 Å². The number of nitrogens with zero attached hydrogens (tertiary/aromatic N) is 2. The number of carbonyl (C=O) groups is 2. The monoisotopic (exact) mass is 476 g/mol. The van der Waals surface area contributed by atoms with Crippen LogP contribution in [0.15, 0.2) is 66.9 Å². The number of rotatable bonds is 5. The molecule has 1 atom stereocenters. The lowest BCUT2D eigenvalue weighted by molar-refractivity contribution is -0.143. The number of halogens is 1. The Hall–Kier alpha value is -3.81. The quantitative estimate of drug-likeness (QED) is 0.522. The number of hydrogen-bond donors (Lipinski definition) is 2. The van der Waals surface area contributed by atoms with Crippen molar-refractivity contribution < 1.29 is 18.7 Å².